The van der Waals surface area contributed by atoms with Gasteiger partial charge < -0.3 is 15.0 Å². The average Bonchev–Trinajstić information content (AvgIpc) is 2.71. The fourth-order valence-electron chi connectivity index (χ4n) is 2.05. The minimum absolute atomic E-state index is 0.262. The third-order valence-electron chi connectivity index (χ3n) is 2.81. The van der Waals surface area contributed by atoms with Gasteiger partial charge in [-0.25, -0.2) is 4.79 Å². The van der Waals surface area contributed by atoms with E-state index < -0.39 is 18.1 Å². The normalized spacial score (nSPS) is 29.8. The standard InChI is InChI=1S/C9H12N2O4/c1-15-9(14)6-8(13)11-4-2-3-5(11)7(12)10-6/h5-6H,2-4H2,1H3,(H,10,12)/t5-,6-/m0/s1. The highest BCUT2D eigenvalue weighted by Crippen LogP contribution is 2.22. The second-order valence-corrected chi connectivity index (χ2v) is 3.65. The van der Waals surface area contributed by atoms with Crippen LogP contribution in [0.5, 0.6) is 0 Å². The van der Waals surface area contributed by atoms with Crippen molar-refractivity contribution in [3.63, 3.8) is 0 Å². The molecule has 2 rings (SSSR count). The largest absolute Gasteiger partial charge is 0.467 e. The Morgan fingerprint density at radius 1 is 1.53 bits per heavy atom. The van der Waals surface area contributed by atoms with Crippen LogP contribution in [0, 0.1) is 0 Å². The van der Waals surface area contributed by atoms with Crippen LogP contribution in [-0.4, -0.2) is 48.4 Å². The first-order valence-corrected chi connectivity index (χ1v) is 4.84. The molecule has 2 atom stereocenters. The number of nitrogens with zero attached hydrogens (tertiary/aromatic N) is 1. The van der Waals surface area contributed by atoms with Crippen LogP contribution < -0.4 is 5.32 Å². The number of rotatable bonds is 1. The highest BCUT2D eigenvalue weighted by molar-refractivity contribution is 6.09. The fourth-order valence-corrected chi connectivity index (χ4v) is 2.05. The maximum Gasteiger partial charge on any atom is 0.338 e. The van der Waals surface area contributed by atoms with Gasteiger partial charge in [0.05, 0.1) is 7.11 Å². The van der Waals surface area contributed by atoms with Gasteiger partial charge in [-0.2, -0.15) is 0 Å². The van der Waals surface area contributed by atoms with Crippen LogP contribution >= 0.6 is 0 Å². The summed E-state index contributed by atoms with van der Waals surface area (Å²) in [6, 6.07) is -1.55. The highest BCUT2D eigenvalue weighted by atomic mass is 16.5. The number of carbonyl (C=O) groups excluding carboxylic acids is 3. The van der Waals surface area contributed by atoms with Gasteiger partial charge in [0.1, 0.15) is 6.04 Å². The molecule has 1 N–H and O–H groups in total. The zero-order valence-corrected chi connectivity index (χ0v) is 8.36. The highest BCUT2D eigenvalue weighted by Gasteiger charge is 2.46. The Kier molecular flexibility index (Phi) is 2.34. The molecule has 82 valence electrons. The molecular weight excluding hydrogens is 200 g/mol. The van der Waals surface area contributed by atoms with Crippen molar-refractivity contribution in [2.45, 2.75) is 24.9 Å². The molecule has 6 nitrogen and oxygen atoms in total. The van der Waals surface area contributed by atoms with Crippen molar-refractivity contribution in [1.29, 1.82) is 0 Å². The summed E-state index contributed by atoms with van der Waals surface area (Å²) in [5, 5.41) is 2.38. The van der Waals surface area contributed by atoms with Crippen molar-refractivity contribution in [1.82, 2.24) is 10.2 Å². The fraction of sp³-hybridized carbons (Fsp3) is 0.667. The maximum atomic E-state index is 11.8. The lowest BCUT2D eigenvalue weighted by molar-refractivity contribution is -0.158. The van der Waals surface area contributed by atoms with E-state index in [9.17, 15) is 14.4 Å². The second-order valence-electron chi connectivity index (χ2n) is 3.65. The summed E-state index contributed by atoms with van der Waals surface area (Å²) in [7, 11) is 1.19. The number of amides is 2. The van der Waals surface area contributed by atoms with Gasteiger partial charge in [0.2, 0.25) is 11.9 Å². The average molecular weight is 212 g/mol. The van der Waals surface area contributed by atoms with Crippen molar-refractivity contribution in [2.24, 2.45) is 0 Å². The smallest absolute Gasteiger partial charge is 0.338 e. The first-order valence-electron chi connectivity index (χ1n) is 4.84. The molecule has 2 aliphatic heterocycles. The molecular formula is C9H12N2O4. The summed E-state index contributed by atoms with van der Waals surface area (Å²) in [5.74, 6) is -1.33. The molecule has 0 spiro atoms. The van der Waals surface area contributed by atoms with Crippen molar-refractivity contribution in [3.05, 3.63) is 0 Å². The molecule has 2 saturated heterocycles. The third-order valence-corrected chi connectivity index (χ3v) is 2.81. The molecule has 0 bridgehead atoms. The SMILES string of the molecule is COC(=O)[C@H]1NC(=O)[C@@H]2CCCN2C1=O. The Morgan fingerprint density at radius 3 is 2.93 bits per heavy atom. The van der Waals surface area contributed by atoms with E-state index in [0.29, 0.717) is 13.0 Å². The van der Waals surface area contributed by atoms with Crippen molar-refractivity contribution in [2.75, 3.05) is 13.7 Å². The minimum atomic E-state index is -1.16. The molecule has 0 saturated carbocycles. The molecule has 0 aromatic rings. The Bertz CT molecular complexity index is 328. The van der Waals surface area contributed by atoms with Crippen LogP contribution in [0.15, 0.2) is 0 Å². The van der Waals surface area contributed by atoms with Gasteiger partial charge >= 0.3 is 5.97 Å². The molecule has 6 heteroatoms. The number of fused-ring (bicyclic) bond motifs is 1. The molecule has 2 fully saturated rings. The number of hydrogen-bond donors (Lipinski definition) is 1. The van der Waals surface area contributed by atoms with Crippen molar-refractivity contribution < 1.29 is 19.1 Å². The Labute approximate surface area is 86.6 Å². The molecule has 15 heavy (non-hydrogen) atoms. The molecule has 0 aromatic heterocycles. The van der Waals surface area contributed by atoms with Gasteiger partial charge in [0.15, 0.2) is 0 Å². The zero-order valence-electron chi connectivity index (χ0n) is 8.36. The summed E-state index contributed by atoms with van der Waals surface area (Å²) < 4.78 is 4.46. The first kappa shape index (κ1) is 9.95. The number of piperazine rings is 1. The Morgan fingerprint density at radius 2 is 2.27 bits per heavy atom. The van der Waals surface area contributed by atoms with Crippen LogP contribution in [0.1, 0.15) is 12.8 Å². The summed E-state index contributed by atoms with van der Waals surface area (Å²) >= 11 is 0. The van der Waals surface area contributed by atoms with E-state index in [0.717, 1.165) is 6.42 Å². The number of ether oxygens (including phenoxy) is 1. The predicted molar refractivity (Wildman–Crippen MR) is 48.7 cm³/mol. The van der Waals surface area contributed by atoms with Gasteiger partial charge in [-0.15, -0.1) is 0 Å². The lowest BCUT2D eigenvalue weighted by Gasteiger charge is -2.33. The van der Waals surface area contributed by atoms with E-state index >= 15 is 0 Å². The van der Waals surface area contributed by atoms with E-state index in [2.05, 4.69) is 10.1 Å². The van der Waals surface area contributed by atoms with Crippen LogP contribution in [0.2, 0.25) is 0 Å². The van der Waals surface area contributed by atoms with Crippen LogP contribution in [0.3, 0.4) is 0 Å². The summed E-state index contributed by atoms with van der Waals surface area (Å²) in [5.41, 5.74) is 0. The zero-order chi connectivity index (χ0) is 11.0. The number of hydrogen-bond acceptors (Lipinski definition) is 4. The van der Waals surface area contributed by atoms with Crippen LogP contribution in [-0.2, 0) is 19.1 Å². The second kappa shape index (κ2) is 3.52. The minimum Gasteiger partial charge on any atom is -0.467 e. The summed E-state index contributed by atoms with van der Waals surface area (Å²) in [4.78, 5) is 36.0. The van der Waals surface area contributed by atoms with Gasteiger partial charge in [-0.05, 0) is 12.8 Å². The maximum absolute atomic E-state index is 11.8. The van der Waals surface area contributed by atoms with E-state index in [1.54, 1.807) is 0 Å². The number of methoxy groups -OCH3 is 1. The van der Waals surface area contributed by atoms with E-state index in [1.807, 2.05) is 0 Å². The lowest BCUT2D eigenvalue weighted by Crippen LogP contribution is -2.63. The molecule has 0 radical (unpaired) electrons. The van der Waals surface area contributed by atoms with Gasteiger partial charge in [0, 0.05) is 6.54 Å². The molecule has 2 amide bonds. The molecule has 0 aliphatic carbocycles. The van der Waals surface area contributed by atoms with E-state index in [-0.39, 0.29) is 11.8 Å². The lowest BCUT2D eigenvalue weighted by atomic mass is 10.1. The van der Waals surface area contributed by atoms with E-state index in [1.165, 1.54) is 12.0 Å². The van der Waals surface area contributed by atoms with Gasteiger partial charge in [-0.3, -0.25) is 9.59 Å². The third kappa shape index (κ3) is 1.45. The topological polar surface area (TPSA) is 75.7 Å². The molecule has 0 aromatic carbocycles. The monoisotopic (exact) mass is 212 g/mol. The summed E-state index contributed by atoms with van der Waals surface area (Å²) in [6.45, 7) is 0.546. The van der Waals surface area contributed by atoms with Crippen LogP contribution in [0.4, 0.5) is 0 Å². The number of carbonyl (C=O) groups is 3. The van der Waals surface area contributed by atoms with Gasteiger partial charge in [-0.1, -0.05) is 0 Å². The van der Waals surface area contributed by atoms with Gasteiger partial charge in [0.25, 0.3) is 5.91 Å². The predicted octanol–water partition coefficient (Wildman–Crippen LogP) is -1.35. The van der Waals surface area contributed by atoms with Crippen LogP contribution in [0.25, 0.3) is 0 Å². The van der Waals surface area contributed by atoms with Crippen molar-refractivity contribution in [3.8, 4) is 0 Å². The molecule has 2 aliphatic rings. The number of esters is 1. The first-order chi connectivity index (χ1) is 7.15. The van der Waals surface area contributed by atoms with Crippen molar-refractivity contribution >= 4 is 17.8 Å². The molecule has 0 unspecified atom stereocenters. The van der Waals surface area contributed by atoms with E-state index in [4.69, 9.17) is 0 Å². The number of nitrogens with one attached hydrogen (secondary N) is 1. The molecule has 2 heterocycles. The Hall–Kier alpha value is -1.59. The Balaban J connectivity index is 2.20. The quantitative estimate of drug-likeness (QED) is 0.430. The summed E-state index contributed by atoms with van der Waals surface area (Å²) in [6.07, 6.45) is 1.48.